The SMILES string of the molecule is CCCCNS(=O)(=O)c1ccc2nc(NC(=O)C(c3ccccc3)c3ccccc3)sc2c1. The van der Waals surface area contributed by atoms with Gasteiger partial charge in [0.2, 0.25) is 15.9 Å². The first-order valence-electron chi connectivity index (χ1n) is 10.8. The van der Waals surface area contributed by atoms with Crippen LogP contribution in [0.3, 0.4) is 0 Å². The number of anilines is 1. The van der Waals surface area contributed by atoms with Gasteiger partial charge in [0, 0.05) is 6.54 Å². The number of sulfonamides is 1. The summed E-state index contributed by atoms with van der Waals surface area (Å²) in [6.45, 7) is 2.41. The van der Waals surface area contributed by atoms with Crippen LogP contribution in [0.2, 0.25) is 0 Å². The van der Waals surface area contributed by atoms with E-state index >= 15 is 0 Å². The fraction of sp³-hybridized carbons (Fsp3) is 0.200. The Kier molecular flexibility index (Phi) is 7.17. The zero-order valence-corrected chi connectivity index (χ0v) is 19.8. The molecular formula is C25H25N3O3S2. The maximum atomic E-state index is 13.3. The molecule has 0 bridgehead atoms. The molecule has 0 spiro atoms. The Morgan fingerprint density at radius 3 is 2.21 bits per heavy atom. The van der Waals surface area contributed by atoms with E-state index in [1.165, 1.54) is 11.3 Å². The van der Waals surface area contributed by atoms with Crippen molar-refractivity contribution in [2.75, 3.05) is 11.9 Å². The number of carbonyl (C=O) groups excluding carboxylic acids is 1. The Bertz CT molecular complexity index is 1300. The quantitative estimate of drug-likeness (QED) is 0.325. The van der Waals surface area contributed by atoms with Crippen LogP contribution < -0.4 is 10.0 Å². The normalized spacial score (nSPS) is 11.7. The van der Waals surface area contributed by atoms with Crippen LogP contribution in [0, 0.1) is 0 Å². The molecule has 0 unspecified atom stereocenters. The third-order valence-corrected chi connectivity index (χ3v) is 7.64. The smallest absolute Gasteiger partial charge is 0.240 e. The van der Waals surface area contributed by atoms with Gasteiger partial charge >= 0.3 is 0 Å². The van der Waals surface area contributed by atoms with Gasteiger partial charge in [0.05, 0.1) is 21.0 Å². The molecule has 4 aromatic rings. The zero-order chi connectivity index (χ0) is 23.3. The predicted molar refractivity (Wildman–Crippen MR) is 133 cm³/mol. The summed E-state index contributed by atoms with van der Waals surface area (Å²) in [4.78, 5) is 18.0. The maximum Gasteiger partial charge on any atom is 0.240 e. The van der Waals surface area contributed by atoms with E-state index < -0.39 is 15.9 Å². The van der Waals surface area contributed by atoms with Crippen LogP contribution in [-0.2, 0) is 14.8 Å². The molecule has 3 aromatic carbocycles. The minimum atomic E-state index is -3.58. The van der Waals surface area contributed by atoms with Gasteiger partial charge in [0.25, 0.3) is 0 Å². The lowest BCUT2D eigenvalue weighted by Crippen LogP contribution is -2.24. The maximum absolute atomic E-state index is 13.3. The number of amides is 1. The molecule has 0 saturated carbocycles. The van der Waals surface area contributed by atoms with Gasteiger partial charge in [-0.25, -0.2) is 18.1 Å². The average Bonchev–Trinajstić information content (AvgIpc) is 3.22. The van der Waals surface area contributed by atoms with Crippen molar-refractivity contribution >= 4 is 42.6 Å². The van der Waals surface area contributed by atoms with Crippen LogP contribution in [0.15, 0.2) is 83.8 Å². The molecule has 0 radical (unpaired) electrons. The van der Waals surface area contributed by atoms with Crippen LogP contribution >= 0.6 is 11.3 Å². The summed E-state index contributed by atoms with van der Waals surface area (Å²) in [5, 5.41) is 3.36. The first-order valence-corrected chi connectivity index (χ1v) is 13.1. The van der Waals surface area contributed by atoms with E-state index in [0.29, 0.717) is 21.9 Å². The highest BCUT2D eigenvalue weighted by molar-refractivity contribution is 7.89. The number of hydrogen-bond acceptors (Lipinski definition) is 5. The van der Waals surface area contributed by atoms with Gasteiger partial charge < -0.3 is 5.32 Å². The van der Waals surface area contributed by atoms with Crippen LogP contribution in [0.25, 0.3) is 10.2 Å². The molecule has 1 amide bonds. The van der Waals surface area contributed by atoms with Crippen LogP contribution in [0.4, 0.5) is 5.13 Å². The Morgan fingerprint density at radius 2 is 1.61 bits per heavy atom. The Morgan fingerprint density at radius 1 is 0.970 bits per heavy atom. The van der Waals surface area contributed by atoms with E-state index in [0.717, 1.165) is 24.0 Å². The highest BCUT2D eigenvalue weighted by Crippen LogP contribution is 2.31. The van der Waals surface area contributed by atoms with Gasteiger partial charge in [-0.05, 0) is 35.7 Å². The molecular weight excluding hydrogens is 454 g/mol. The van der Waals surface area contributed by atoms with Gasteiger partial charge in [0.1, 0.15) is 0 Å². The van der Waals surface area contributed by atoms with Crippen LogP contribution in [0.1, 0.15) is 36.8 Å². The van der Waals surface area contributed by atoms with E-state index in [4.69, 9.17) is 0 Å². The second-order valence-corrected chi connectivity index (χ2v) is 10.4. The number of nitrogens with one attached hydrogen (secondary N) is 2. The number of thiazole rings is 1. The molecule has 1 heterocycles. The molecule has 4 rings (SSSR count). The van der Waals surface area contributed by atoms with Crippen molar-refractivity contribution in [2.45, 2.75) is 30.6 Å². The third kappa shape index (κ3) is 5.47. The van der Waals surface area contributed by atoms with Gasteiger partial charge in [0.15, 0.2) is 5.13 Å². The number of aromatic nitrogens is 1. The minimum absolute atomic E-state index is 0.194. The molecule has 0 aliphatic heterocycles. The molecule has 0 aliphatic carbocycles. The fourth-order valence-electron chi connectivity index (χ4n) is 3.56. The van der Waals surface area contributed by atoms with Crippen LogP contribution in [0.5, 0.6) is 0 Å². The first-order chi connectivity index (χ1) is 16.0. The summed E-state index contributed by atoms with van der Waals surface area (Å²) in [7, 11) is -3.58. The number of rotatable bonds is 9. The molecule has 6 nitrogen and oxygen atoms in total. The highest BCUT2D eigenvalue weighted by Gasteiger charge is 2.24. The molecule has 170 valence electrons. The second kappa shape index (κ2) is 10.2. The summed E-state index contributed by atoms with van der Waals surface area (Å²) < 4.78 is 28.4. The van der Waals surface area contributed by atoms with Crippen LogP contribution in [-0.4, -0.2) is 25.9 Å². The van der Waals surface area contributed by atoms with Crippen molar-refractivity contribution in [3.63, 3.8) is 0 Å². The zero-order valence-electron chi connectivity index (χ0n) is 18.2. The summed E-state index contributed by atoms with van der Waals surface area (Å²) in [6.07, 6.45) is 1.69. The Labute approximate surface area is 197 Å². The summed E-state index contributed by atoms with van der Waals surface area (Å²) in [5.41, 5.74) is 2.40. The van der Waals surface area contributed by atoms with Crippen molar-refractivity contribution in [2.24, 2.45) is 0 Å². The van der Waals surface area contributed by atoms with Gasteiger partial charge in [-0.2, -0.15) is 0 Å². The second-order valence-electron chi connectivity index (χ2n) is 7.64. The monoisotopic (exact) mass is 479 g/mol. The molecule has 0 saturated heterocycles. The molecule has 0 fully saturated rings. The minimum Gasteiger partial charge on any atom is -0.301 e. The number of unbranched alkanes of at least 4 members (excludes halogenated alkanes) is 1. The number of nitrogens with zero attached hydrogens (tertiary/aromatic N) is 1. The predicted octanol–water partition coefficient (Wildman–Crippen LogP) is 5.15. The van der Waals surface area contributed by atoms with Crippen molar-refractivity contribution in [1.29, 1.82) is 0 Å². The molecule has 8 heteroatoms. The van der Waals surface area contributed by atoms with E-state index in [2.05, 4.69) is 15.0 Å². The van der Waals surface area contributed by atoms with Crippen molar-refractivity contribution in [1.82, 2.24) is 9.71 Å². The van der Waals surface area contributed by atoms with Crippen molar-refractivity contribution in [3.05, 3.63) is 90.0 Å². The van der Waals surface area contributed by atoms with E-state index in [1.807, 2.05) is 67.6 Å². The van der Waals surface area contributed by atoms with E-state index in [-0.39, 0.29) is 10.8 Å². The van der Waals surface area contributed by atoms with Gasteiger partial charge in [-0.15, -0.1) is 0 Å². The first kappa shape index (κ1) is 23.1. The molecule has 0 atom stereocenters. The number of benzene rings is 3. The molecule has 0 aliphatic rings. The number of carbonyl (C=O) groups is 1. The van der Waals surface area contributed by atoms with Crippen molar-refractivity contribution < 1.29 is 13.2 Å². The van der Waals surface area contributed by atoms with Gasteiger partial charge in [-0.1, -0.05) is 85.3 Å². The largest absolute Gasteiger partial charge is 0.301 e. The summed E-state index contributed by atoms with van der Waals surface area (Å²) in [5.74, 6) is -0.682. The number of hydrogen-bond donors (Lipinski definition) is 2. The highest BCUT2D eigenvalue weighted by atomic mass is 32.2. The lowest BCUT2D eigenvalue weighted by Gasteiger charge is -2.16. The van der Waals surface area contributed by atoms with E-state index in [1.54, 1.807) is 18.2 Å². The van der Waals surface area contributed by atoms with E-state index in [9.17, 15) is 13.2 Å². The third-order valence-electron chi connectivity index (χ3n) is 5.25. The standard InChI is InChI=1S/C25H25N3O3S2/c1-2-3-16-26-33(30,31)20-14-15-21-22(17-20)32-25(27-21)28-24(29)23(18-10-6-4-7-11-18)19-12-8-5-9-13-19/h4-15,17,23,26H,2-3,16H2,1H3,(H,27,28,29). The molecule has 33 heavy (non-hydrogen) atoms. The van der Waals surface area contributed by atoms with Crippen molar-refractivity contribution in [3.8, 4) is 0 Å². The lowest BCUT2D eigenvalue weighted by atomic mass is 9.90. The van der Waals surface area contributed by atoms with Gasteiger partial charge in [-0.3, -0.25) is 4.79 Å². The summed E-state index contributed by atoms with van der Waals surface area (Å²) in [6, 6.07) is 24.0. The average molecular weight is 480 g/mol. The molecule has 1 aromatic heterocycles. The summed E-state index contributed by atoms with van der Waals surface area (Å²) >= 11 is 1.26. The topological polar surface area (TPSA) is 88.2 Å². The fourth-order valence-corrected chi connectivity index (χ4v) is 5.64. The lowest BCUT2D eigenvalue weighted by molar-refractivity contribution is -0.116. The Hall–Kier alpha value is -3.07. The number of fused-ring (bicyclic) bond motifs is 1. The Balaban J connectivity index is 1.59. The molecule has 2 N–H and O–H groups in total.